The standard InChI is InChI=1S/C12H14BrNS/c1-3-10(13)8(2)12-9-5-7-15-11(9)4-6-14-12/h4-8,10H,3H2,1-2H3. The minimum absolute atomic E-state index is 0.466. The summed E-state index contributed by atoms with van der Waals surface area (Å²) in [7, 11) is 0. The first-order chi connectivity index (χ1) is 7.24. The Morgan fingerprint density at radius 1 is 1.47 bits per heavy atom. The first kappa shape index (κ1) is 11.1. The van der Waals surface area contributed by atoms with Crippen LogP contribution in [0.25, 0.3) is 10.1 Å². The molecule has 0 aliphatic rings. The molecule has 2 unspecified atom stereocenters. The van der Waals surface area contributed by atoms with Gasteiger partial charge < -0.3 is 0 Å². The largest absolute Gasteiger partial charge is 0.260 e. The smallest absolute Gasteiger partial charge is 0.0529 e. The van der Waals surface area contributed by atoms with Gasteiger partial charge in [0.25, 0.3) is 0 Å². The van der Waals surface area contributed by atoms with Gasteiger partial charge in [0.1, 0.15) is 0 Å². The second-order valence-corrected chi connectivity index (χ2v) is 5.87. The molecule has 0 radical (unpaired) electrons. The van der Waals surface area contributed by atoms with Gasteiger partial charge in [-0.1, -0.05) is 29.8 Å². The molecule has 2 atom stereocenters. The van der Waals surface area contributed by atoms with Gasteiger partial charge in [0.15, 0.2) is 0 Å². The maximum atomic E-state index is 4.52. The van der Waals surface area contributed by atoms with E-state index in [2.05, 4.69) is 52.3 Å². The van der Waals surface area contributed by atoms with E-state index in [0.29, 0.717) is 10.7 Å². The van der Waals surface area contributed by atoms with Gasteiger partial charge >= 0.3 is 0 Å². The van der Waals surface area contributed by atoms with Crippen molar-refractivity contribution in [2.45, 2.75) is 31.0 Å². The molecule has 15 heavy (non-hydrogen) atoms. The van der Waals surface area contributed by atoms with Crippen molar-refractivity contribution >= 4 is 37.4 Å². The molecule has 3 heteroatoms. The topological polar surface area (TPSA) is 12.9 Å². The highest BCUT2D eigenvalue weighted by Crippen LogP contribution is 2.32. The molecule has 2 aromatic rings. The lowest BCUT2D eigenvalue weighted by Gasteiger charge is -2.16. The molecular formula is C12H14BrNS. The SMILES string of the molecule is CCC(Br)C(C)c1nccc2sccc12. The van der Waals surface area contributed by atoms with Gasteiger partial charge in [-0.05, 0) is 23.9 Å². The van der Waals surface area contributed by atoms with Gasteiger partial charge in [0.05, 0.1) is 5.69 Å². The number of pyridine rings is 1. The zero-order valence-electron chi connectivity index (χ0n) is 8.90. The minimum Gasteiger partial charge on any atom is -0.260 e. The third kappa shape index (κ3) is 2.08. The summed E-state index contributed by atoms with van der Waals surface area (Å²) in [4.78, 5) is 5.03. The molecule has 0 spiro atoms. The maximum Gasteiger partial charge on any atom is 0.0529 e. The predicted molar refractivity (Wildman–Crippen MR) is 71.0 cm³/mol. The van der Waals surface area contributed by atoms with Crippen molar-refractivity contribution in [2.24, 2.45) is 0 Å². The normalized spacial score (nSPS) is 15.4. The van der Waals surface area contributed by atoms with Crippen LogP contribution in [0.3, 0.4) is 0 Å². The maximum absolute atomic E-state index is 4.52. The Kier molecular flexibility index (Phi) is 3.42. The summed E-state index contributed by atoms with van der Waals surface area (Å²) in [5, 5.41) is 3.45. The van der Waals surface area contributed by atoms with E-state index in [1.54, 1.807) is 11.3 Å². The summed E-state index contributed by atoms with van der Waals surface area (Å²) in [5.74, 6) is 0.466. The van der Waals surface area contributed by atoms with E-state index in [1.165, 1.54) is 15.8 Å². The molecule has 0 fully saturated rings. The lowest BCUT2D eigenvalue weighted by Crippen LogP contribution is -2.09. The Bertz CT molecular complexity index is 452. The van der Waals surface area contributed by atoms with E-state index in [0.717, 1.165) is 6.42 Å². The highest BCUT2D eigenvalue weighted by atomic mass is 79.9. The molecule has 0 aliphatic carbocycles. The van der Waals surface area contributed by atoms with Crippen LogP contribution < -0.4 is 0 Å². The third-order valence-corrected chi connectivity index (χ3v) is 5.10. The van der Waals surface area contributed by atoms with Crippen LogP contribution in [0.5, 0.6) is 0 Å². The summed E-state index contributed by atoms with van der Waals surface area (Å²) in [6.45, 7) is 4.44. The van der Waals surface area contributed by atoms with Crippen molar-refractivity contribution in [3.8, 4) is 0 Å². The van der Waals surface area contributed by atoms with Crippen molar-refractivity contribution in [3.05, 3.63) is 29.4 Å². The van der Waals surface area contributed by atoms with Crippen molar-refractivity contribution in [3.63, 3.8) is 0 Å². The predicted octanol–water partition coefficient (Wildman–Crippen LogP) is 4.57. The van der Waals surface area contributed by atoms with E-state index in [4.69, 9.17) is 0 Å². The Morgan fingerprint density at radius 2 is 2.27 bits per heavy atom. The molecule has 2 heterocycles. The molecule has 0 N–H and O–H groups in total. The molecule has 0 aliphatic heterocycles. The van der Waals surface area contributed by atoms with Crippen molar-refractivity contribution < 1.29 is 0 Å². The van der Waals surface area contributed by atoms with Crippen LogP contribution in [-0.2, 0) is 0 Å². The molecular weight excluding hydrogens is 270 g/mol. The summed E-state index contributed by atoms with van der Waals surface area (Å²) >= 11 is 5.50. The fourth-order valence-electron chi connectivity index (χ4n) is 1.80. The summed E-state index contributed by atoms with van der Waals surface area (Å²) in [6, 6.07) is 4.26. The molecule has 0 amide bonds. The zero-order chi connectivity index (χ0) is 10.8. The van der Waals surface area contributed by atoms with E-state index in [1.807, 2.05) is 6.20 Å². The quantitative estimate of drug-likeness (QED) is 0.752. The van der Waals surface area contributed by atoms with E-state index >= 15 is 0 Å². The molecule has 1 nitrogen and oxygen atoms in total. The summed E-state index contributed by atoms with van der Waals surface area (Å²) in [6.07, 6.45) is 3.05. The van der Waals surface area contributed by atoms with Gasteiger partial charge in [0.2, 0.25) is 0 Å². The Balaban J connectivity index is 2.46. The van der Waals surface area contributed by atoms with Gasteiger partial charge in [0, 0.05) is 27.0 Å². The van der Waals surface area contributed by atoms with Crippen molar-refractivity contribution in [1.29, 1.82) is 0 Å². The van der Waals surface area contributed by atoms with Crippen LogP contribution in [0.2, 0.25) is 0 Å². The average Bonchev–Trinajstić information content (AvgIpc) is 2.74. The molecule has 0 bridgehead atoms. The molecule has 0 aromatic carbocycles. The number of rotatable bonds is 3. The molecule has 80 valence electrons. The summed E-state index contributed by atoms with van der Waals surface area (Å²) < 4.78 is 1.34. The van der Waals surface area contributed by atoms with Gasteiger partial charge in [-0.2, -0.15) is 0 Å². The Labute approximate surface area is 103 Å². The molecule has 2 rings (SSSR count). The number of halogens is 1. The number of hydrogen-bond donors (Lipinski definition) is 0. The van der Waals surface area contributed by atoms with Crippen LogP contribution in [-0.4, -0.2) is 9.81 Å². The van der Waals surface area contributed by atoms with E-state index < -0.39 is 0 Å². The van der Waals surface area contributed by atoms with Crippen LogP contribution in [0.15, 0.2) is 23.7 Å². The fraction of sp³-hybridized carbons (Fsp3) is 0.417. The summed E-state index contributed by atoms with van der Waals surface area (Å²) in [5.41, 5.74) is 1.22. The van der Waals surface area contributed by atoms with Crippen LogP contribution in [0.1, 0.15) is 31.9 Å². The van der Waals surface area contributed by atoms with Crippen LogP contribution in [0.4, 0.5) is 0 Å². The van der Waals surface area contributed by atoms with Gasteiger partial charge in [-0.25, -0.2) is 0 Å². The number of alkyl halides is 1. The third-order valence-electron chi connectivity index (χ3n) is 2.77. The van der Waals surface area contributed by atoms with E-state index in [9.17, 15) is 0 Å². The Morgan fingerprint density at radius 3 is 3.00 bits per heavy atom. The van der Waals surface area contributed by atoms with Crippen LogP contribution in [0, 0.1) is 0 Å². The van der Waals surface area contributed by atoms with Crippen molar-refractivity contribution in [1.82, 2.24) is 4.98 Å². The first-order valence-corrected chi connectivity index (χ1v) is 6.99. The average molecular weight is 284 g/mol. The molecule has 2 aromatic heterocycles. The number of aromatic nitrogens is 1. The first-order valence-electron chi connectivity index (χ1n) is 5.20. The fourth-order valence-corrected chi connectivity index (χ4v) is 2.84. The number of hydrogen-bond acceptors (Lipinski definition) is 2. The monoisotopic (exact) mass is 283 g/mol. The molecule has 0 saturated carbocycles. The second-order valence-electron chi connectivity index (χ2n) is 3.74. The highest BCUT2D eigenvalue weighted by Gasteiger charge is 2.17. The highest BCUT2D eigenvalue weighted by molar-refractivity contribution is 9.09. The van der Waals surface area contributed by atoms with E-state index in [-0.39, 0.29) is 0 Å². The molecule has 0 saturated heterocycles. The van der Waals surface area contributed by atoms with Crippen molar-refractivity contribution in [2.75, 3.05) is 0 Å². The number of nitrogens with zero attached hydrogens (tertiary/aromatic N) is 1. The lowest BCUT2D eigenvalue weighted by atomic mass is 9.99. The number of fused-ring (bicyclic) bond motifs is 1. The second kappa shape index (κ2) is 4.62. The zero-order valence-corrected chi connectivity index (χ0v) is 11.3. The Hall–Kier alpha value is -0.410. The van der Waals surface area contributed by atoms with Gasteiger partial charge in [-0.15, -0.1) is 11.3 Å². The number of thiophene rings is 1. The minimum atomic E-state index is 0.466. The lowest BCUT2D eigenvalue weighted by molar-refractivity contribution is 0.681. The van der Waals surface area contributed by atoms with Gasteiger partial charge in [-0.3, -0.25) is 4.98 Å². The van der Waals surface area contributed by atoms with Crippen LogP contribution >= 0.6 is 27.3 Å².